The quantitative estimate of drug-likeness (QED) is 0.0236. The molecule has 0 aliphatic carbocycles. The van der Waals surface area contributed by atoms with Gasteiger partial charge in [0.05, 0.1) is 19.8 Å². The van der Waals surface area contributed by atoms with Crippen LogP contribution in [0.15, 0.2) is 24.3 Å². The van der Waals surface area contributed by atoms with E-state index in [1.807, 2.05) is 0 Å². The Morgan fingerprint density at radius 1 is 0.556 bits per heavy atom. The van der Waals surface area contributed by atoms with Crippen molar-refractivity contribution in [3.63, 3.8) is 0 Å². The van der Waals surface area contributed by atoms with Crippen LogP contribution in [0.5, 0.6) is 0 Å². The number of phosphoric ester groups is 1. The van der Waals surface area contributed by atoms with E-state index in [-0.39, 0.29) is 19.4 Å². The average Bonchev–Trinajstić information content (AvgIpc) is 3.16. The summed E-state index contributed by atoms with van der Waals surface area (Å²) in [6.45, 7) is 2.36. The lowest BCUT2D eigenvalue weighted by Crippen LogP contribution is -2.29. The highest BCUT2D eigenvalue weighted by Crippen LogP contribution is 2.43. The zero-order valence-electron chi connectivity index (χ0n) is 34.4. The molecule has 1 unspecified atom stereocenters. The molecular weight excluding hydrogens is 707 g/mol. The Kier molecular flexibility index (Phi) is 38.5. The highest BCUT2D eigenvalue weighted by molar-refractivity contribution is 7.47. The lowest BCUT2D eigenvalue weighted by molar-refractivity contribution is -0.161. The van der Waals surface area contributed by atoms with Crippen LogP contribution in [0.4, 0.5) is 0 Å². The number of phosphoric acid groups is 1. The van der Waals surface area contributed by atoms with Crippen LogP contribution in [0.2, 0.25) is 0 Å². The first kappa shape index (κ1) is 52.5. The maximum atomic E-state index is 12.6. The van der Waals surface area contributed by atoms with Crippen molar-refractivity contribution in [1.82, 2.24) is 0 Å². The minimum absolute atomic E-state index is 0.185. The molecule has 3 N–H and O–H groups in total. The fraction of sp³-hybridized carbons (Fsp3) is 0.860. The van der Waals surface area contributed by atoms with Gasteiger partial charge in [-0.25, -0.2) is 4.57 Å². The van der Waals surface area contributed by atoms with E-state index in [4.69, 9.17) is 19.1 Å². The first-order valence-electron chi connectivity index (χ1n) is 21.8. The number of hydrogen-bond acceptors (Lipinski definition) is 9. The average molecular weight is 789 g/mol. The normalized spacial score (nSPS) is 14.1. The van der Waals surface area contributed by atoms with Crippen molar-refractivity contribution >= 4 is 19.8 Å². The van der Waals surface area contributed by atoms with Crippen molar-refractivity contribution in [2.45, 2.75) is 212 Å². The molecule has 0 aliphatic rings. The van der Waals surface area contributed by atoms with Gasteiger partial charge in [-0.1, -0.05) is 167 Å². The molecule has 0 amide bonds. The molecule has 0 heterocycles. The molecular formula is C43H81O10P. The first-order valence-corrected chi connectivity index (χ1v) is 23.3. The van der Waals surface area contributed by atoms with Gasteiger partial charge in [0.25, 0.3) is 0 Å². The fourth-order valence-corrected chi connectivity index (χ4v) is 6.75. The Morgan fingerprint density at radius 3 is 1.46 bits per heavy atom. The van der Waals surface area contributed by atoms with Crippen molar-refractivity contribution in [1.29, 1.82) is 0 Å². The minimum atomic E-state index is -4.62. The summed E-state index contributed by atoms with van der Waals surface area (Å²) in [6, 6.07) is 0. The van der Waals surface area contributed by atoms with Gasteiger partial charge in [-0.15, -0.1) is 0 Å². The molecule has 0 aliphatic heterocycles. The zero-order valence-corrected chi connectivity index (χ0v) is 35.3. The van der Waals surface area contributed by atoms with Crippen molar-refractivity contribution in [2.24, 2.45) is 0 Å². The van der Waals surface area contributed by atoms with Gasteiger partial charge in [0, 0.05) is 12.8 Å². The summed E-state index contributed by atoms with van der Waals surface area (Å²) in [5.41, 5.74) is 0. The molecule has 11 heteroatoms. The number of hydrogen-bond donors (Lipinski definition) is 3. The molecule has 0 saturated heterocycles. The van der Waals surface area contributed by atoms with E-state index >= 15 is 0 Å². The second kappa shape index (κ2) is 39.7. The third-order valence-electron chi connectivity index (χ3n) is 9.36. The molecule has 3 atom stereocenters. The number of allylic oxidation sites excluding steroid dienone is 4. The summed E-state index contributed by atoms with van der Waals surface area (Å²) in [7, 11) is -4.62. The molecule has 0 fully saturated rings. The van der Waals surface area contributed by atoms with Crippen molar-refractivity contribution in [2.75, 3.05) is 26.4 Å². The summed E-state index contributed by atoms with van der Waals surface area (Å²) < 4.78 is 32.7. The molecule has 0 rings (SSSR count). The topological polar surface area (TPSA) is 149 Å². The Bertz CT molecular complexity index is 957. The van der Waals surface area contributed by atoms with Crippen LogP contribution in [0.1, 0.15) is 200 Å². The maximum absolute atomic E-state index is 12.6. The van der Waals surface area contributed by atoms with Crippen LogP contribution in [-0.4, -0.2) is 65.7 Å². The van der Waals surface area contributed by atoms with Gasteiger partial charge >= 0.3 is 19.8 Å². The standard InChI is InChI=1S/C43H81O10P/c1-3-5-7-9-11-13-15-17-19-21-23-25-27-29-31-33-35-43(47)53-41(39-52-54(48,49)51-37-40(45)36-44)38-50-42(46)34-32-30-28-26-24-22-20-18-16-14-12-10-8-6-4-2/h12,14,18,20,40-41,44-45H,3-11,13,15-17,19,21-39H2,1-2H3,(H,48,49)/b14-12+,20-18+/t40-,41+/m0/s1. The van der Waals surface area contributed by atoms with Crippen LogP contribution in [0.25, 0.3) is 0 Å². The van der Waals surface area contributed by atoms with Crippen LogP contribution in [-0.2, 0) is 32.7 Å². The van der Waals surface area contributed by atoms with Gasteiger partial charge < -0.3 is 24.6 Å². The van der Waals surface area contributed by atoms with Crippen molar-refractivity contribution in [3.05, 3.63) is 24.3 Å². The number of aliphatic hydroxyl groups excluding tert-OH is 2. The molecule has 0 radical (unpaired) electrons. The number of carbonyl (C=O) groups excluding carboxylic acids is 2. The summed E-state index contributed by atoms with van der Waals surface area (Å²) >= 11 is 0. The summed E-state index contributed by atoms with van der Waals surface area (Å²) in [5, 5.41) is 18.3. The smallest absolute Gasteiger partial charge is 0.462 e. The van der Waals surface area contributed by atoms with Crippen molar-refractivity contribution < 1.29 is 47.8 Å². The Labute approximate surface area is 329 Å². The van der Waals surface area contributed by atoms with E-state index < -0.39 is 51.8 Å². The number of aliphatic hydroxyl groups is 2. The van der Waals surface area contributed by atoms with Gasteiger partial charge in [-0.3, -0.25) is 18.6 Å². The Hall–Kier alpha value is -1.55. The maximum Gasteiger partial charge on any atom is 0.472 e. The van der Waals surface area contributed by atoms with Crippen LogP contribution in [0.3, 0.4) is 0 Å². The largest absolute Gasteiger partial charge is 0.472 e. The second-order valence-electron chi connectivity index (χ2n) is 14.7. The monoisotopic (exact) mass is 789 g/mol. The van der Waals surface area contributed by atoms with Crippen LogP contribution in [0, 0.1) is 0 Å². The summed E-state index contributed by atoms with van der Waals surface area (Å²) in [4.78, 5) is 35.0. The predicted molar refractivity (Wildman–Crippen MR) is 219 cm³/mol. The van der Waals surface area contributed by atoms with E-state index in [2.05, 4.69) is 42.7 Å². The second-order valence-corrected chi connectivity index (χ2v) is 16.2. The zero-order chi connectivity index (χ0) is 39.8. The number of esters is 2. The molecule has 0 aromatic carbocycles. The summed E-state index contributed by atoms with van der Waals surface area (Å²) in [5.74, 6) is -0.933. The lowest BCUT2D eigenvalue weighted by atomic mass is 10.0. The number of unbranched alkanes of at least 4 members (excludes halogenated alkanes) is 23. The van der Waals surface area contributed by atoms with Gasteiger partial charge in [0.2, 0.25) is 0 Å². The fourth-order valence-electron chi connectivity index (χ4n) is 5.96. The van der Waals surface area contributed by atoms with E-state index in [0.29, 0.717) is 12.8 Å². The molecule has 0 saturated carbocycles. The van der Waals surface area contributed by atoms with E-state index in [1.54, 1.807) is 0 Å². The van der Waals surface area contributed by atoms with Gasteiger partial charge in [0.15, 0.2) is 6.10 Å². The van der Waals surface area contributed by atoms with E-state index in [0.717, 1.165) is 57.8 Å². The third kappa shape index (κ3) is 38.7. The summed E-state index contributed by atoms with van der Waals surface area (Å²) in [6.07, 6.45) is 38.5. The van der Waals surface area contributed by atoms with Gasteiger partial charge in [0.1, 0.15) is 12.7 Å². The molecule has 318 valence electrons. The molecule has 10 nitrogen and oxygen atoms in total. The first-order chi connectivity index (χ1) is 26.2. The molecule has 0 spiro atoms. The van der Waals surface area contributed by atoms with Crippen LogP contribution >= 0.6 is 7.82 Å². The Morgan fingerprint density at radius 2 is 0.963 bits per heavy atom. The molecule has 54 heavy (non-hydrogen) atoms. The van der Waals surface area contributed by atoms with E-state index in [1.165, 1.54) is 103 Å². The van der Waals surface area contributed by atoms with E-state index in [9.17, 15) is 24.2 Å². The number of rotatable bonds is 41. The van der Waals surface area contributed by atoms with Crippen molar-refractivity contribution in [3.8, 4) is 0 Å². The van der Waals surface area contributed by atoms with Gasteiger partial charge in [-0.2, -0.15) is 0 Å². The highest BCUT2D eigenvalue weighted by atomic mass is 31.2. The molecule has 0 aromatic heterocycles. The molecule has 0 bridgehead atoms. The lowest BCUT2D eigenvalue weighted by Gasteiger charge is -2.20. The number of ether oxygens (including phenoxy) is 2. The minimum Gasteiger partial charge on any atom is -0.462 e. The highest BCUT2D eigenvalue weighted by Gasteiger charge is 2.27. The van der Waals surface area contributed by atoms with Gasteiger partial charge in [-0.05, 0) is 44.9 Å². The predicted octanol–water partition coefficient (Wildman–Crippen LogP) is 11.4. The third-order valence-corrected chi connectivity index (χ3v) is 10.3. The Balaban J connectivity index is 4.29. The SMILES string of the molecule is CCCCC/C=C/C/C=C/CCCCCCCC(=O)OC[C@H](COP(=O)(O)OC[C@@H](O)CO)OC(=O)CCCCCCCCCCCCCCCCCC. The molecule has 0 aromatic rings. The number of carbonyl (C=O) groups is 2. The van der Waals surface area contributed by atoms with Crippen LogP contribution < -0.4 is 0 Å².